The van der Waals surface area contributed by atoms with Crippen LogP contribution in [0.2, 0.25) is 0 Å². The number of morpholine rings is 1. The van der Waals surface area contributed by atoms with E-state index in [2.05, 4.69) is 55.5 Å². The highest BCUT2D eigenvalue weighted by molar-refractivity contribution is 9.10. The Labute approximate surface area is 147 Å². The minimum absolute atomic E-state index is 0.679. The molecule has 23 heavy (non-hydrogen) atoms. The predicted octanol–water partition coefficient (Wildman–Crippen LogP) is 2.23. The molecule has 1 aromatic carbocycles. The molecule has 0 atom stereocenters. The molecule has 0 bridgehead atoms. The molecule has 1 heterocycles. The van der Waals surface area contributed by atoms with Crippen molar-refractivity contribution >= 4 is 21.9 Å². The van der Waals surface area contributed by atoms with Gasteiger partial charge in [0.25, 0.3) is 0 Å². The van der Waals surface area contributed by atoms with E-state index in [0.29, 0.717) is 6.54 Å². The van der Waals surface area contributed by atoms with E-state index in [9.17, 15) is 0 Å². The fourth-order valence-corrected chi connectivity index (χ4v) is 2.93. The summed E-state index contributed by atoms with van der Waals surface area (Å²) in [5.41, 5.74) is 1.20. The van der Waals surface area contributed by atoms with Gasteiger partial charge < -0.3 is 15.4 Å². The van der Waals surface area contributed by atoms with Gasteiger partial charge in [0, 0.05) is 30.7 Å². The summed E-state index contributed by atoms with van der Waals surface area (Å²) in [4.78, 5) is 7.10. The molecule has 5 nitrogen and oxygen atoms in total. The summed E-state index contributed by atoms with van der Waals surface area (Å²) in [5.74, 6) is 0.884. The molecule has 1 aliphatic rings. The first kappa shape index (κ1) is 18.2. The van der Waals surface area contributed by atoms with Crippen LogP contribution < -0.4 is 10.6 Å². The third kappa shape index (κ3) is 7.33. The van der Waals surface area contributed by atoms with Gasteiger partial charge in [0.15, 0.2) is 5.96 Å². The Morgan fingerprint density at radius 3 is 2.87 bits per heavy atom. The Hall–Kier alpha value is -1.11. The molecule has 6 heteroatoms. The Kier molecular flexibility index (Phi) is 8.42. The maximum absolute atomic E-state index is 5.37. The van der Waals surface area contributed by atoms with Crippen molar-refractivity contribution in [3.63, 3.8) is 0 Å². The molecule has 1 aromatic rings. The lowest BCUT2D eigenvalue weighted by atomic mass is 10.2. The highest BCUT2D eigenvalue weighted by Crippen LogP contribution is 2.12. The minimum atomic E-state index is 0.679. The molecule has 0 saturated carbocycles. The summed E-state index contributed by atoms with van der Waals surface area (Å²) in [5, 5.41) is 6.71. The molecular formula is C17H27BrN4O. The van der Waals surface area contributed by atoms with Gasteiger partial charge >= 0.3 is 0 Å². The fourth-order valence-electron chi connectivity index (χ4n) is 2.48. The van der Waals surface area contributed by atoms with Gasteiger partial charge in [-0.05, 0) is 37.6 Å². The average molecular weight is 383 g/mol. The van der Waals surface area contributed by atoms with E-state index in [0.717, 1.165) is 62.8 Å². The van der Waals surface area contributed by atoms with Crippen molar-refractivity contribution in [1.82, 2.24) is 15.5 Å². The van der Waals surface area contributed by atoms with Crippen LogP contribution >= 0.6 is 15.9 Å². The van der Waals surface area contributed by atoms with Crippen LogP contribution in [0.5, 0.6) is 0 Å². The predicted molar refractivity (Wildman–Crippen MR) is 98.8 cm³/mol. The molecule has 0 aromatic heterocycles. The maximum atomic E-state index is 5.37. The molecule has 128 valence electrons. The zero-order valence-electron chi connectivity index (χ0n) is 13.9. The van der Waals surface area contributed by atoms with E-state index >= 15 is 0 Å². The summed E-state index contributed by atoms with van der Waals surface area (Å²) < 4.78 is 6.46. The van der Waals surface area contributed by atoms with Crippen LogP contribution in [0, 0.1) is 0 Å². The molecular weight excluding hydrogens is 356 g/mol. The van der Waals surface area contributed by atoms with Gasteiger partial charge in [0.05, 0.1) is 19.8 Å². The van der Waals surface area contributed by atoms with E-state index < -0.39 is 0 Å². The number of guanidine groups is 1. The van der Waals surface area contributed by atoms with Crippen LogP contribution in [-0.2, 0) is 11.3 Å². The lowest BCUT2D eigenvalue weighted by Crippen LogP contribution is -2.40. The van der Waals surface area contributed by atoms with Crippen molar-refractivity contribution in [2.24, 2.45) is 4.99 Å². The molecule has 2 N–H and O–H groups in total. The second-order valence-electron chi connectivity index (χ2n) is 5.56. The summed E-state index contributed by atoms with van der Waals surface area (Å²) in [7, 11) is 0. The van der Waals surface area contributed by atoms with Crippen LogP contribution in [-0.4, -0.2) is 56.8 Å². The highest BCUT2D eigenvalue weighted by Gasteiger charge is 2.09. The van der Waals surface area contributed by atoms with Crippen molar-refractivity contribution in [2.75, 3.05) is 45.9 Å². The quantitative estimate of drug-likeness (QED) is 0.431. The van der Waals surface area contributed by atoms with E-state index in [-0.39, 0.29) is 0 Å². The Morgan fingerprint density at radius 1 is 1.30 bits per heavy atom. The van der Waals surface area contributed by atoms with Crippen LogP contribution in [0.25, 0.3) is 0 Å². The first-order valence-corrected chi connectivity index (χ1v) is 9.14. The van der Waals surface area contributed by atoms with Gasteiger partial charge in [-0.15, -0.1) is 0 Å². The normalized spacial score (nSPS) is 16.3. The largest absolute Gasteiger partial charge is 0.379 e. The van der Waals surface area contributed by atoms with Gasteiger partial charge in [0.2, 0.25) is 0 Å². The van der Waals surface area contributed by atoms with E-state index in [1.54, 1.807) is 0 Å². The maximum Gasteiger partial charge on any atom is 0.191 e. The molecule has 1 aliphatic heterocycles. The second kappa shape index (κ2) is 10.6. The van der Waals surface area contributed by atoms with Crippen LogP contribution in [0.4, 0.5) is 0 Å². The van der Waals surface area contributed by atoms with Crippen molar-refractivity contribution < 1.29 is 4.74 Å². The molecule has 0 amide bonds. The number of hydrogen-bond donors (Lipinski definition) is 2. The Morgan fingerprint density at radius 2 is 2.13 bits per heavy atom. The second-order valence-corrected chi connectivity index (χ2v) is 6.48. The average Bonchev–Trinajstić information content (AvgIpc) is 2.57. The number of nitrogens with zero attached hydrogens (tertiary/aromatic N) is 2. The molecule has 0 aliphatic carbocycles. The van der Waals surface area contributed by atoms with Crippen LogP contribution in [0.1, 0.15) is 18.9 Å². The summed E-state index contributed by atoms with van der Waals surface area (Å²) in [6.07, 6.45) is 1.11. The molecule has 0 radical (unpaired) electrons. The van der Waals surface area contributed by atoms with Crippen molar-refractivity contribution in [3.05, 3.63) is 34.3 Å². The van der Waals surface area contributed by atoms with Gasteiger partial charge in [-0.25, -0.2) is 4.99 Å². The number of hydrogen-bond acceptors (Lipinski definition) is 3. The number of ether oxygens (including phenoxy) is 1. The van der Waals surface area contributed by atoms with Crippen LogP contribution in [0.3, 0.4) is 0 Å². The van der Waals surface area contributed by atoms with Crippen LogP contribution in [0.15, 0.2) is 33.7 Å². The summed E-state index contributed by atoms with van der Waals surface area (Å²) in [6, 6.07) is 8.27. The van der Waals surface area contributed by atoms with E-state index in [4.69, 9.17) is 4.74 Å². The standard InChI is InChI=1S/C17H27BrN4O/c1-2-19-17(21-14-15-5-3-6-16(18)13-15)20-7-4-8-22-9-11-23-12-10-22/h3,5-6,13H,2,4,7-12,14H2,1H3,(H2,19,20,21). The molecule has 2 rings (SSSR count). The van der Waals surface area contributed by atoms with Gasteiger partial charge in [-0.2, -0.15) is 0 Å². The monoisotopic (exact) mass is 382 g/mol. The molecule has 0 unspecified atom stereocenters. The third-order valence-corrected chi connectivity index (χ3v) is 4.19. The Balaban J connectivity index is 1.72. The molecule has 1 saturated heterocycles. The summed E-state index contributed by atoms with van der Waals surface area (Å²) in [6.45, 7) is 9.52. The van der Waals surface area contributed by atoms with Gasteiger partial charge in [0.1, 0.15) is 0 Å². The summed E-state index contributed by atoms with van der Waals surface area (Å²) >= 11 is 3.50. The topological polar surface area (TPSA) is 48.9 Å². The van der Waals surface area contributed by atoms with Crippen molar-refractivity contribution in [1.29, 1.82) is 0 Å². The lowest BCUT2D eigenvalue weighted by molar-refractivity contribution is 0.0376. The third-order valence-electron chi connectivity index (χ3n) is 3.70. The lowest BCUT2D eigenvalue weighted by Gasteiger charge is -2.26. The van der Waals surface area contributed by atoms with E-state index in [1.807, 2.05) is 12.1 Å². The molecule has 1 fully saturated rings. The first-order chi connectivity index (χ1) is 11.3. The highest BCUT2D eigenvalue weighted by atomic mass is 79.9. The minimum Gasteiger partial charge on any atom is -0.379 e. The fraction of sp³-hybridized carbons (Fsp3) is 0.588. The SMILES string of the molecule is CCNC(=NCc1cccc(Br)c1)NCCCN1CCOCC1. The Bertz CT molecular complexity index is 489. The van der Waals surface area contributed by atoms with Gasteiger partial charge in [-0.3, -0.25) is 4.90 Å². The zero-order valence-corrected chi connectivity index (χ0v) is 15.4. The van der Waals surface area contributed by atoms with Crippen molar-refractivity contribution in [2.45, 2.75) is 19.9 Å². The van der Waals surface area contributed by atoms with E-state index in [1.165, 1.54) is 5.56 Å². The number of aliphatic imine (C=N–C) groups is 1. The zero-order chi connectivity index (χ0) is 16.3. The smallest absolute Gasteiger partial charge is 0.191 e. The number of rotatable bonds is 7. The number of halogens is 1. The van der Waals surface area contributed by atoms with Gasteiger partial charge in [-0.1, -0.05) is 28.1 Å². The first-order valence-electron chi connectivity index (χ1n) is 8.34. The number of nitrogens with one attached hydrogen (secondary N) is 2. The van der Waals surface area contributed by atoms with Crippen molar-refractivity contribution in [3.8, 4) is 0 Å². The molecule has 0 spiro atoms. The number of benzene rings is 1.